The van der Waals surface area contributed by atoms with E-state index >= 15 is 0 Å². The fraction of sp³-hybridized carbons (Fsp3) is 0.429. The van der Waals surface area contributed by atoms with E-state index in [4.69, 9.17) is 5.11 Å². The van der Waals surface area contributed by atoms with E-state index in [1.807, 2.05) is 5.38 Å². The van der Waals surface area contributed by atoms with E-state index in [-0.39, 0.29) is 0 Å². The van der Waals surface area contributed by atoms with Crippen LogP contribution in [0.15, 0.2) is 11.4 Å². The van der Waals surface area contributed by atoms with Gasteiger partial charge in [0.25, 0.3) is 0 Å². The third kappa shape index (κ3) is 1.24. The topological polar surface area (TPSA) is 20.2 Å². The van der Waals surface area contributed by atoms with Gasteiger partial charge >= 0.3 is 0 Å². The standard InChI is InChI=1S/C7H10OS/c1-5(2)7-6(8)3-4-9-7/h3-5,8H,1-2H3. The molecule has 9 heavy (non-hydrogen) atoms. The smallest absolute Gasteiger partial charge is 0.129 e. The Bertz CT molecular complexity index is 191. The highest BCUT2D eigenvalue weighted by Gasteiger charge is 2.04. The minimum absolute atomic E-state index is 0.440. The van der Waals surface area contributed by atoms with Gasteiger partial charge in [-0.2, -0.15) is 0 Å². The zero-order chi connectivity index (χ0) is 6.85. The van der Waals surface area contributed by atoms with Crippen molar-refractivity contribution in [1.82, 2.24) is 0 Å². The maximum absolute atomic E-state index is 9.13. The third-order valence-electron chi connectivity index (χ3n) is 1.20. The summed E-state index contributed by atoms with van der Waals surface area (Å²) in [6, 6.07) is 1.74. The highest BCUT2D eigenvalue weighted by Crippen LogP contribution is 2.30. The van der Waals surface area contributed by atoms with Crippen molar-refractivity contribution >= 4 is 11.3 Å². The molecule has 0 fully saturated rings. The predicted molar refractivity (Wildman–Crippen MR) is 40.1 cm³/mol. The van der Waals surface area contributed by atoms with Crippen molar-refractivity contribution in [1.29, 1.82) is 0 Å². The molecule has 0 aliphatic rings. The van der Waals surface area contributed by atoms with Crippen molar-refractivity contribution in [2.24, 2.45) is 0 Å². The molecule has 0 aliphatic carbocycles. The Morgan fingerprint density at radius 2 is 2.22 bits per heavy atom. The summed E-state index contributed by atoms with van der Waals surface area (Å²) in [5.41, 5.74) is 0. The molecule has 0 bridgehead atoms. The lowest BCUT2D eigenvalue weighted by Crippen LogP contribution is -1.79. The summed E-state index contributed by atoms with van der Waals surface area (Å²) in [4.78, 5) is 1.08. The first-order valence-corrected chi connectivity index (χ1v) is 3.86. The second kappa shape index (κ2) is 2.40. The van der Waals surface area contributed by atoms with E-state index in [1.165, 1.54) is 0 Å². The molecule has 0 saturated carbocycles. The van der Waals surface area contributed by atoms with Crippen LogP contribution in [0.5, 0.6) is 5.75 Å². The van der Waals surface area contributed by atoms with Crippen LogP contribution in [0, 0.1) is 0 Å². The lowest BCUT2D eigenvalue weighted by atomic mass is 10.2. The van der Waals surface area contributed by atoms with Crippen molar-refractivity contribution in [3.05, 3.63) is 16.3 Å². The fourth-order valence-electron chi connectivity index (χ4n) is 0.746. The summed E-state index contributed by atoms with van der Waals surface area (Å²) >= 11 is 1.61. The first-order valence-electron chi connectivity index (χ1n) is 2.98. The second-order valence-electron chi connectivity index (χ2n) is 2.32. The van der Waals surface area contributed by atoms with Crippen LogP contribution in [-0.4, -0.2) is 5.11 Å². The molecule has 2 heteroatoms. The quantitative estimate of drug-likeness (QED) is 0.639. The molecule has 0 aromatic carbocycles. The lowest BCUT2D eigenvalue weighted by molar-refractivity contribution is 0.469. The Balaban J connectivity index is 2.94. The van der Waals surface area contributed by atoms with Gasteiger partial charge in [-0.25, -0.2) is 0 Å². The molecule has 0 aliphatic heterocycles. The Morgan fingerprint density at radius 1 is 1.56 bits per heavy atom. The maximum atomic E-state index is 9.13. The minimum atomic E-state index is 0.440. The zero-order valence-corrected chi connectivity index (χ0v) is 6.40. The van der Waals surface area contributed by atoms with Gasteiger partial charge in [0.2, 0.25) is 0 Å². The van der Waals surface area contributed by atoms with Crippen molar-refractivity contribution in [2.45, 2.75) is 19.8 Å². The molecule has 0 amide bonds. The molecule has 0 atom stereocenters. The molecular formula is C7H10OS. The Hall–Kier alpha value is -0.500. The Kier molecular flexibility index (Phi) is 1.76. The fourth-order valence-corrected chi connectivity index (χ4v) is 1.55. The van der Waals surface area contributed by atoms with Crippen LogP contribution in [-0.2, 0) is 0 Å². The summed E-state index contributed by atoms with van der Waals surface area (Å²) in [7, 11) is 0. The summed E-state index contributed by atoms with van der Waals surface area (Å²) in [5, 5.41) is 11.0. The van der Waals surface area contributed by atoms with Gasteiger partial charge in [0.1, 0.15) is 5.75 Å². The molecule has 1 aromatic rings. The van der Waals surface area contributed by atoms with Crippen LogP contribution < -0.4 is 0 Å². The molecule has 1 aromatic heterocycles. The molecule has 50 valence electrons. The lowest BCUT2D eigenvalue weighted by Gasteiger charge is -1.99. The van der Waals surface area contributed by atoms with Crippen LogP contribution in [0.4, 0.5) is 0 Å². The largest absolute Gasteiger partial charge is 0.507 e. The van der Waals surface area contributed by atoms with Gasteiger partial charge in [-0.3, -0.25) is 0 Å². The van der Waals surface area contributed by atoms with Crippen molar-refractivity contribution in [3.63, 3.8) is 0 Å². The van der Waals surface area contributed by atoms with Crippen molar-refractivity contribution in [2.75, 3.05) is 0 Å². The van der Waals surface area contributed by atoms with E-state index in [0.717, 1.165) is 4.88 Å². The Morgan fingerprint density at radius 3 is 2.44 bits per heavy atom. The third-order valence-corrected chi connectivity index (χ3v) is 2.40. The number of rotatable bonds is 1. The molecule has 0 unspecified atom stereocenters. The van der Waals surface area contributed by atoms with Crippen LogP contribution in [0.2, 0.25) is 0 Å². The van der Waals surface area contributed by atoms with Gasteiger partial charge in [-0.05, 0) is 17.4 Å². The van der Waals surface area contributed by atoms with E-state index in [1.54, 1.807) is 17.4 Å². The molecule has 0 spiro atoms. The highest BCUT2D eigenvalue weighted by atomic mass is 32.1. The Labute approximate surface area is 59.0 Å². The summed E-state index contributed by atoms with van der Waals surface area (Å²) < 4.78 is 0. The molecular weight excluding hydrogens is 132 g/mol. The van der Waals surface area contributed by atoms with Gasteiger partial charge in [-0.1, -0.05) is 13.8 Å². The summed E-state index contributed by atoms with van der Waals surface area (Å²) in [6.45, 7) is 4.15. The molecule has 1 nitrogen and oxygen atoms in total. The second-order valence-corrected chi connectivity index (χ2v) is 3.27. The molecule has 0 radical (unpaired) electrons. The number of thiophene rings is 1. The first kappa shape index (κ1) is 6.62. The predicted octanol–water partition coefficient (Wildman–Crippen LogP) is 2.58. The van der Waals surface area contributed by atoms with Gasteiger partial charge in [0, 0.05) is 4.88 Å². The van der Waals surface area contributed by atoms with Gasteiger partial charge in [0.05, 0.1) is 0 Å². The average molecular weight is 142 g/mol. The molecule has 1 N–H and O–H groups in total. The van der Waals surface area contributed by atoms with Crippen molar-refractivity contribution in [3.8, 4) is 5.75 Å². The number of hydrogen-bond donors (Lipinski definition) is 1. The highest BCUT2D eigenvalue weighted by molar-refractivity contribution is 7.10. The molecule has 1 rings (SSSR count). The SMILES string of the molecule is CC(C)c1sccc1O. The van der Waals surface area contributed by atoms with E-state index in [0.29, 0.717) is 11.7 Å². The summed E-state index contributed by atoms with van der Waals surface area (Å²) in [5.74, 6) is 0.889. The molecule has 0 saturated heterocycles. The minimum Gasteiger partial charge on any atom is -0.507 e. The van der Waals surface area contributed by atoms with Gasteiger partial charge in [-0.15, -0.1) is 11.3 Å². The van der Waals surface area contributed by atoms with Crippen LogP contribution in [0.1, 0.15) is 24.6 Å². The van der Waals surface area contributed by atoms with Gasteiger partial charge < -0.3 is 5.11 Å². The van der Waals surface area contributed by atoms with E-state index < -0.39 is 0 Å². The maximum Gasteiger partial charge on any atom is 0.129 e. The zero-order valence-electron chi connectivity index (χ0n) is 5.59. The average Bonchev–Trinajstić information content (AvgIpc) is 2.13. The van der Waals surface area contributed by atoms with Crippen LogP contribution in [0.3, 0.4) is 0 Å². The number of aromatic hydroxyl groups is 1. The van der Waals surface area contributed by atoms with E-state index in [9.17, 15) is 0 Å². The number of hydrogen-bond acceptors (Lipinski definition) is 2. The summed E-state index contributed by atoms with van der Waals surface area (Å²) in [6.07, 6.45) is 0. The normalized spacial score (nSPS) is 10.6. The molecule has 1 heterocycles. The monoisotopic (exact) mass is 142 g/mol. The van der Waals surface area contributed by atoms with Crippen molar-refractivity contribution < 1.29 is 5.11 Å². The van der Waals surface area contributed by atoms with Gasteiger partial charge in [0.15, 0.2) is 0 Å². The van der Waals surface area contributed by atoms with E-state index in [2.05, 4.69) is 13.8 Å². The van der Waals surface area contributed by atoms with Crippen LogP contribution in [0.25, 0.3) is 0 Å². The first-order chi connectivity index (χ1) is 4.22. The van der Waals surface area contributed by atoms with Crippen LogP contribution >= 0.6 is 11.3 Å².